The van der Waals surface area contributed by atoms with Crippen molar-refractivity contribution in [2.24, 2.45) is 0 Å². The second-order valence-corrected chi connectivity index (χ2v) is 10.3. The van der Waals surface area contributed by atoms with E-state index in [0.717, 1.165) is 0 Å². The number of carboxylic acids is 1. The van der Waals surface area contributed by atoms with E-state index in [4.69, 9.17) is 4.74 Å². The molecule has 5 rings (SSSR count). The van der Waals surface area contributed by atoms with Gasteiger partial charge in [-0.2, -0.15) is 0 Å². The molecule has 1 unspecified atom stereocenters. The summed E-state index contributed by atoms with van der Waals surface area (Å²) in [7, 11) is 0. The molecule has 2 fully saturated rings. The number of aromatic nitrogens is 1. The molecule has 3 N–H and O–H groups in total. The zero-order chi connectivity index (χ0) is 30.2. The maximum Gasteiger partial charge on any atom is 0.320 e. The van der Waals surface area contributed by atoms with Crippen LogP contribution < -0.4 is 15.5 Å². The van der Waals surface area contributed by atoms with Crippen molar-refractivity contribution in [3.63, 3.8) is 0 Å². The Hall–Kier alpha value is -4.97. The van der Waals surface area contributed by atoms with Gasteiger partial charge in [-0.1, -0.05) is 24.3 Å². The highest BCUT2D eigenvalue weighted by atomic mass is 16.5. The summed E-state index contributed by atoms with van der Waals surface area (Å²) in [5.74, 6) is -1.89. The van der Waals surface area contributed by atoms with Crippen LogP contribution >= 0.6 is 0 Å². The average molecular weight is 587 g/mol. The van der Waals surface area contributed by atoms with Crippen molar-refractivity contribution in [3.8, 4) is 0 Å². The predicted octanol–water partition coefficient (Wildman–Crippen LogP) is 2.85. The van der Waals surface area contributed by atoms with Crippen molar-refractivity contribution >= 4 is 35.2 Å². The van der Waals surface area contributed by atoms with Crippen LogP contribution in [0, 0.1) is 0 Å². The number of anilines is 2. The van der Waals surface area contributed by atoms with Gasteiger partial charge in [0.25, 0.3) is 11.8 Å². The summed E-state index contributed by atoms with van der Waals surface area (Å²) in [5, 5.41) is 15.2. The maximum absolute atomic E-state index is 13.4. The van der Waals surface area contributed by atoms with E-state index in [1.54, 1.807) is 65.7 Å². The van der Waals surface area contributed by atoms with E-state index in [2.05, 4.69) is 20.5 Å². The van der Waals surface area contributed by atoms with Crippen molar-refractivity contribution < 1.29 is 29.0 Å². The van der Waals surface area contributed by atoms with Gasteiger partial charge >= 0.3 is 12.0 Å². The number of carboxylic acid groups (broad SMARTS) is 1. The average Bonchev–Trinajstić information content (AvgIpc) is 3.05. The van der Waals surface area contributed by atoms with Crippen LogP contribution in [-0.2, 0) is 9.53 Å². The molecule has 224 valence electrons. The third-order valence-electron chi connectivity index (χ3n) is 7.49. The Kier molecular flexibility index (Phi) is 9.47. The van der Waals surface area contributed by atoms with Crippen molar-refractivity contribution in [1.29, 1.82) is 0 Å². The van der Waals surface area contributed by atoms with Gasteiger partial charge in [0.15, 0.2) is 0 Å². The second-order valence-electron chi connectivity index (χ2n) is 10.3. The number of aliphatic carboxylic acids is 1. The first kappa shape index (κ1) is 29.5. The van der Waals surface area contributed by atoms with Gasteiger partial charge in [0.1, 0.15) is 0 Å². The molecule has 12 nitrogen and oxygen atoms in total. The third kappa shape index (κ3) is 7.46. The minimum Gasteiger partial charge on any atom is -0.481 e. The molecule has 3 aromatic rings. The van der Waals surface area contributed by atoms with Crippen LogP contribution in [0.2, 0.25) is 0 Å². The third-order valence-corrected chi connectivity index (χ3v) is 7.49. The van der Waals surface area contributed by atoms with Gasteiger partial charge in [0.05, 0.1) is 37.1 Å². The van der Waals surface area contributed by atoms with Crippen molar-refractivity contribution in [3.05, 3.63) is 89.7 Å². The summed E-state index contributed by atoms with van der Waals surface area (Å²) in [6, 6.07) is 16.4. The molecular weight excluding hydrogens is 552 g/mol. The number of benzene rings is 2. The van der Waals surface area contributed by atoms with Crippen LogP contribution in [0.15, 0.2) is 73.1 Å². The van der Waals surface area contributed by atoms with Crippen LogP contribution in [0.5, 0.6) is 0 Å². The van der Waals surface area contributed by atoms with E-state index in [1.807, 2.05) is 11.0 Å². The number of pyridine rings is 1. The molecule has 2 saturated heterocycles. The summed E-state index contributed by atoms with van der Waals surface area (Å²) in [6.45, 7) is 4.32. The molecule has 0 radical (unpaired) electrons. The quantitative estimate of drug-likeness (QED) is 0.366. The largest absolute Gasteiger partial charge is 0.481 e. The van der Waals surface area contributed by atoms with E-state index in [9.17, 15) is 24.3 Å². The molecule has 0 aliphatic carbocycles. The molecule has 0 saturated carbocycles. The number of rotatable bonds is 8. The van der Waals surface area contributed by atoms with E-state index in [-0.39, 0.29) is 23.9 Å². The highest BCUT2D eigenvalue weighted by Gasteiger charge is 2.28. The first-order valence-electron chi connectivity index (χ1n) is 14.2. The van der Waals surface area contributed by atoms with Crippen molar-refractivity contribution in [2.45, 2.75) is 12.5 Å². The number of amides is 4. The van der Waals surface area contributed by atoms with E-state index >= 15 is 0 Å². The number of nitrogens with zero attached hydrogens (tertiary/aromatic N) is 4. The lowest BCUT2D eigenvalue weighted by Crippen LogP contribution is -2.54. The summed E-state index contributed by atoms with van der Waals surface area (Å²) in [6.07, 6.45) is 2.77. The fourth-order valence-electron chi connectivity index (χ4n) is 5.18. The number of hydrogen-bond acceptors (Lipinski definition) is 7. The van der Waals surface area contributed by atoms with Crippen LogP contribution in [0.25, 0.3) is 0 Å². The van der Waals surface area contributed by atoms with Gasteiger partial charge in [-0.15, -0.1) is 0 Å². The Morgan fingerprint density at radius 3 is 2.23 bits per heavy atom. The van der Waals surface area contributed by atoms with Crippen molar-refractivity contribution in [2.75, 3.05) is 62.7 Å². The Labute approximate surface area is 249 Å². The van der Waals surface area contributed by atoms with Crippen molar-refractivity contribution in [1.82, 2.24) is 20.1 Å². The number of urea groups is 1. The normalized spacial score (nSPS) is 15.9. The minimum atomic E-state index is -1.06. The van der Waals surface area contributed by atoms with Crippen LogP contribution in [0.4, 0.5) is 16.2 Å². The highest BCUT2D eigenvalue weighted by molar-refractivity contribution is 6.07. The van der Waals surface area contributed by atoms with Gasteiger partial charge in [-0.3, -0.25) is 19.4 Å². The first-order chi connectivity index (χ1) is 20.9. The first-order valence-corrected chi connectivity index (χ1v) is 14.2. The smallest absolute Gasteiger partial charge is 0.320 e. The number of carbonyl (C=O) groups excluding carboxylic acids is 3. The molecular formula is C31H34N6O6. The molecule has 12 heteroatoms. The van der Waals surface area contributed by atoms with Crippen LogP contribution in [0.3, 0.4) is 0 Å². The summed E-state index contributed by atoms with van der Waals surface area (Å²) >= 11 is 0. The number of nitrogens with one attached hydrogen (secondary N) is 2. The number of piperazine rings is 1. The fraction of sp³-hybridized carbons (Fsp3) is 0.323. The lowest BCUT2D eigenvalue weighted by molar-refractivity contribution is -0.137. The van der Waals surface area contributed by atoms with Gasteiger partial charge in [0.2, 0.25) is 0 Å². The summed E-state index contributed by atoms with van der Waals surface area (Å²) in [5.41, 5.74) is 2.44. The summed E-state index contributed by atoms with van der Waals surface area (Å²) in [4.78, 5) is 60.8. The molecule has 0 bridgehead atoms. The fourth-order valence-corrected chi connectivity index (χ4v) is 5.18. The van der Waals surface area contributed by atoms with Crippen LogP contribution in [0.1, 0.15) is 38.7 Å². The molecule has 4 amide bonds. The number of carbonyl (C=O) groups is 4. The van der Waals surface area contributed by atoms with Gasteiger partial charge in [-0.05, 0) is 42.0 Å². The number of ether oxygens (including phenoxy) is 1. The number of hydrogen-bond donors (Lipinski definition) is 3. The summed E-state index contributed by atoms with van der Waals surface area (Å²) < 4.78 is 5.36. The Morgan fingerprint density at radius 1 is 0.837 bits per heavy atom. The highest BCUT2D eigenvalue weighted by Crippen LogP contribution is 2.30. The molecule has 1 aromatic heterocycles. The van der Waals surface area contributed by atoms with E-state index in [1.165, 1.54) is 6.20 Å². The Balaban J connectivity index is 1.36. The van der Waals surface area contributed by atoms with E-state index in [0.29, 0.717) is 75.0 Å². The lowest BCUT2D eigenvalue weighted by Gasteiger charge is -2.39. The molecule has 0 spiro atoms. The predicted molar refractivity (Wildman–Crippen MR) is 159 cm³/mol. The topological polar surface area (TPSA) is 144 Å². The van der Waals surface area contributed by atoms with Gasteiger partial charge < -0.3 is 35.2 Å². The minimum absolute atomic E-state index is 0.00268. The number of morpholine rings is 1. The molecule has 2 aliphatic rings. The van der Waals surface area contributed by atoms with Gasteiger partial charge in [-0.25, -0.2) is 4.79 Å². The molecule has 43 heavy (non-hydrogen) atoms. The molecule has 3 heterocycles. The molecule has 2 aromatic carbocycles. The lowest BCUT2D eigenvalue weighted by atomic mass is 10.0. The van der Waals surface area contributed by atoms with E-state index < -0.39 is 17.9 Å². The second kappa shape index (κ2) is 13.8. The molecule has 2 aliphatic heterocycles. The monoisotopic (exact) mass is 586 g/mol. The van der Waals surface area contributed by atoms with Crippen LogP contribution in [-0.4, -0.2) is 96.2 Å². The maximum atomic E-state index is 13.4. The standard InChI is InChI=1S/C31H34N6O6/c38-28(39)20-25(24-7-4-10-32-21-24)33-30(41)23-8-9-27(26(19-23)34-29(40)22-5-2-1-3-6-22)35-11-13-36(14-12-35)31(42)37-15-17-43-18-16-37/h1-10,19,21,25H,11-18,20H2,(H,33,41)(H,34,40)(H,38,39). The molecule has 1 atom stereocenters. The zero-order valence-corrected chi connectivity index (χ0v) is 23.6. The van der Waals surface area contributed by atoms with Gasteiger partial charge in [0, 0.05) is 62.8 Å². The Bertz CT molecular complexity index is 1440. The Morgan fingerprint density at radius 2 is 1.56 bits per heavy atom. The SMILES string of the molecule is O=C(O)CC(NC(=O)c1ccc(N2CCN(C(=O)N3CCOCC3)CC2)c(NC(=O)c2ccccc2)c1)c1cccnc1. The zero-order valence-electron chi connectivity index (χ0n) is 23.6.